The maximum Gasteiger partial charge on any atom is 0.254 e. The summed E-state index contributed by atoms with van der Waals surface area (Å²) in [6.07, 6.45) is 6.44. The monoisotopic (exact) mass is 325 g/mol. The van der Waals surface area contributed by atoms with Gasteiger partial charge >= 0.3 is 0 Å². The maximum atomic E-state index is 12.2. The minimum absolute atomic E-state index is 0.0619. The molecule has 1 aromatic heterocycles. The molecule has 0 aliphatic heterocycles. The molecule has 0 atom stereocenters. The smallest absolute Gasteiger partial charge is 0.254 e. The molecule has 1 heterocycles. The summed E-state index contributed by atoms with van der Waals surface area (Å²) in [7, 11) is 4.19. The third-order valence-corrected chi connectivity index (χ3v) is 4.70. The number of nitrogens with one attached hydrogen (secondary N) is 1. The van der Waals surface area contributed by atoms with Gasteiger partial charge in [0.1, 0.15) is 4.60 Å². The van der Waals surface area contributed by atoms with Crippen molar-refractivity contribution < 1.29 is 4.79 Å². The molecule has 5 heteroatoms. The van der Waals surface area contributed by atoms with E-state index in [4.69, 9.17) is 0 Å². The van der Waals surface area contributed by atoms with Gasteiger partial charge < -0.3 is 10.2 Å². The van der Waals surface area contributed by atoms with Gasteiger partial charge in [0.15, 0.2) is 0 Å². The number of amides is 1. The van der Waals surface area contributed by atoms with Crippen LogP contribution in [0.3, 0.4) is 0 Å². The first-order chi connectivity index (χ1) is 9.05. The van der Waals surface area contributed by atoms with Gasteiger partial charge in [-0.3, -0.25) is 4.79 Å². The van der Waals surface area contributed by atoms with Crippen molar-refractivity contribution in [2.75, 3.05) is 20.6 Å². The topological polar surface area (TPSA) is 45.2 Å². The van der Waals surface area contributed by atoms with Crippen molar-refractivity contribution in [1.29, 1.82) is 0 Å². The third-order valence-electron chi connectivity index (χ3n) is 4.06. The second-order valence-electron chi connectivity index (χ2n) is 5.35. The Balaban J connectivity index is 2.02. The van der Waals surface area contributed by atoms with Gasteiger partial charge in [0.25, 0.3) is 5.91 Å². The number of pyridine rings is 1. The third kappa shape index (κ3) is 3.15. The highest BCUT2D eigenvalue weighted by atomic mass is 79.9. The first-order valence-electron chi connectivity index (χ1n) is 6.61. The summed E-state index contributed by atoms with van der Waals surface area (Å²) < 4.78 is 0.595. The number of likely N-dealkylation sites (N-methyl/N-ethyl adjacent to an activating group) is 1. The number of rotatable bonds is 4. The van der Waals surface area contributed by atoms with Gasteiger partial charge in [-0.2, -0.15) is 0 Å². The molecule has 1 fully saturated rings. The van der Waals surface area contributed by atoms with Crippen LogP contribution in [0.2, 0.25) is 0 Å². The summed E-state index contributed by atoms with van der Waals surface area (Å²) in [4.78, 5) is 18.5. The molecule has 1 N–H and O–H groups in total. The summed E-state index contributed by atoms with van der Waals surface area (Å²) in [5.74, 6) is -0.0619. The van der Waals surface area contributed by atoms with E-state index in [2.05, 4.69) is 45.2 Å². The summed E-state index contributed by atoms with van der Waals surface area (Å²) in [5, 5.41) is 3.05. The summed E-state index contributed by atoms with van der Waals surface area (Å²) in [6, 6.07) is 3.56. The number of halogens is 1. The number of aromatic nitrogens is 1. The first-order valence-corrected chi connectivity index (χ1v) is 7.41. The highest BCUT2D eigenvalue weighted by Crippen LogP contribution is 2.33. The number of hydrogen-bond donors (Lipinski definition) is 1. The molecule has 1 saturated carbocycles. The molecule has 0 unspecified atom stereocenters. The molecule has 0 saturated heterocycles. The molecular weight excluding hydrogens is 306 g/mol. The Kier molecular flexibility index (Phi) is 4.58. The van der Waals surface area contributed by atoms with Gasteiger partial charge in [0.2, 0.25) is 0 Å². The van der Waals surface area contributed by atoms with Crippen molar-refractivity contribution in [2.24, 2.45) is 0 Å². The molecule has 1 aromatic rings. The van der Waals surface area contributed by atoms with Crippen molar-refractivity contribution in [3.63, 3.8) is 0 Å². The Bertz CT molecular complexity index is 456. The van der Waals surface area contributed by atoms with Crippen molar-refractivity contribution in [1.82, 2.24) is 15.2 Å². The Morgan fingerprint density at radius 2 is 2.16 bits per heavy atom. The second kappa shape index (κ2) is 6.01. The lowest BCUT2D eigenvalue weighted by atomic mass is 9.96. The van der Waals surface area contributed by atoms with Crippen LogP contribution in [0.5, 0.6) is 0 Å². The minimum atomic E-state index is -0.0619. The van der Waals surface area contributed by atoms with Gasteiger partial charge in [-0.25, -0.2) is 4.98 Å². The van der Waals surface area contributed by atoms with Crippen LogP contribution in [0, 0.1) is 0 Å². The van der Waals surface area contributed by atoms with Crippen LogP contribution in [0.1, 0.15) is 36.0 Å². The average molecular weight is 326 g/mol. The normalized spacial score (nSPS) is 17.7. The molecule has 1 aliphatic rings. The highest BCUT2D eigenvalue weighted by molar-refractivity contribution is 9.10. The van der Waals surface area contributed by atoms with E-state index in [9.17, 15) is 4.79 Å². The fourth-order valence-electron chi connectivity index (χ4n) is 2.71. The predicted molar refractivity (Wildman–Crippen MR) is 79.2 cm³/mol. The zero-order chi connectivity index (χ0) is 13.9. The van der Waals surface area contributed by atoms with Crippen LogP contribution in [-0.2, 0) is 0 Å². The molecule has 0 bridgehead atoms. The second-order valence-corrected chi connectivity index (χ2v) is 6.10. The number of hydrogen-bond acceptors (Lipinski definition) is 3. The predicted octanol–water partition coefficient (Wildman–Crippen LogP) is 2.45. The quantitative estimate of drug-likeness (QED) is 0.865. The van der Waals surface area contributed by atoms with Crippen molar-refractivity contribution in [3.05, 3.63) is 28.5 Å². The van der Waals surface area contributed by atoms with Gasteiger partial charge in [-0.1, -0.05) is 12.8 Å². The lowest BCUT2D eigenvalue weighted by molar-refractivity contribution is 0.0899. The van der Waals surface area contributed by atoms with Crippen molar-refractivity contribution in [3.8, 4) is 0 Å². The van der Waals surface area contributed by atoms with Gasteiger partial charge in [-0.05, 0) is 55.0 Å². The van der Waals surface area contributed by atoms with Crippen LogP contribution in [-0.4, -0.2) is 42.0 Å². The Labute approximate surface area is 122 Å². The number of nitrogens with zero attached hydrogens (tertiary/aromatic N) is 2. The van der Waals surface area contributed by atoms with E-state index in [-0.39, 0.29) is 11.4 Å². The lowest BCUT2D eigenvalue weighted by Gasteiger charge is -2.36. The van der Waals surface area contributed by atoms with E-state index in [1.165, 1.54) is 12.8 Å². The number of carbonyl (C=O) groups excluding carboxylic acids is 1. The molecule has 1 aliphatic carbocycles. The van der Waals surface area contributed by atoms with E-state index in [0.717, 1.165) is 12.8 Å². The molecule has 0 radical (unpaired) electrons. The zero-order valence-corrected chi connectivity index (χ0v) is 13.0. The first kappa shape index (κ1) is 14.5. The number of carbonyl (C=O) groups is 1. The molecule has 4 nitrogen and oxygen atoms in total. The van der Waals surface area contributed by atoms with Crippen LogP contribution >= 0.6 is 15.9 Å². The molecule has 19 heavy (non-hydrogen) atoms. The van der Waals surface area contributed by atoms with Gasteiger partial charge in [0, 0.05) is 18.3 Å². The van der Waals surface area contributed by atoms with Crippen LogP contribution < -0.4 is 5.32 Å². The van der Waals surface area contributed by atoms with Gasteiger partial charge in [-0.15, -0.1) is 0 Å². The van der Waals surface area contributed by atoms with E-state index >= 15 is 0 Å². The molecule has 1 amide bonds. The van der Waals surface area contributed by atoms with Gasteiger partial charge in [0.05, 0.1) is 5.56 Å². The fourth-order valence-corrected chi connectivity index (χ4v) is 3.14. The minimum Gasteiger partial charge on any atom is -0.350 e. The highest BCUT2D eigenvalue weighted by Gasteiger charge is 2.36. The molecule has 2 rings (SSSR count). The van der Waals surface area contributed by atoms with Crippen molar-refractivity contribution >= 4 is 21.8 Å². The Morgan fingerprint density at radius 1 is 1.47 bits per heavy atom. The van der Waals surface area contributed by atoms with E-state index in [1.807, 2.05) is 0 Å². The van der Waals surface area contributed by atoms with E-state index in [1.54, 1.807) is 18.3 Å². The molecular formula is C14H20BrN3O. The molecule has 0 spiro atoms. The molecule has 104 valence electrons. The van der Waals surface area contributed by atoms with Crippen molar-refractivity contribution in [2.45, 2.75) is 31.2 Å². The molecule has 0 aromatic carbocycles. The summed E-state index contributed by atoms with van der Waals surface area (Å²) >= 11 is 3.31. The van der Waals surface area contributed by atoms with Crippen LogP contribution in [0.4, 0.5) is 0 Å². The standard InChI is InChI=1S/C14H20BrN3O/c1-18(2)14(7-3-4-8-14)10-17-13(19)11-6-5-9-16-12(11)15/h5-6,9H,3-4,7-8,10H2,1-2H3,(H,17,19). The summed E-state index contributed by atoms with van der Waals surface area (Å²) in [6.45, 7) is 0.695. The van der Waals surface area contributed by atoms with Crippen LogP contribution in [0.25, 0.3) is 0 Å². The maximum absolute atomic E-state index is 12.2. The van der Waals surface area contributed by atoms with E-state index in [0.29, 0.717) is 16.7 Å². The summed E-state index contributed by atoms with van der Waals surface area (Å²) in [5.41, 5.74) is 0.707. The SMILES string of the molecule is CN(C)C1(CNC(=O)c2cccnc2Br)CCCC1. The Hall–Kier alpha value is -0.940. The Morgan fingerprint density at radius 3 is 2.74 bits per heavy atom. The zero-order valence-electron chi connectivity index (χ0n) is 11.4. The van der Waals surface area contributed by atoms with E-state index < -0.39 is 0 Å². The average Bonchev–Trinajstić information content (AvgIpc) is 2.86. The fraction of sp³-hybridized carbons (Fsp3) is 0.571. The largest absolute Gasteiger partial charge is 0.350 e. The van der Waals surface area contributed by atoms with Crippen LogP contribution in [0.15, 0.2) is 22.9 Å². The lowest BCUT2D eigenvalue weighted by Crippen LogP contribution is -2.50.